The standard InChI is InChI=1S/C8H15N.C7H14.C6H13N.C5H11NO.C5H11NS.C5H10O2.C5H10OS.C5H10S2/c1-2-7-4-5-8(3-1)9-6-7;2*1-2-4-6-7-5-3-1;2*1-2-6-3-5-7-4-1;1-2-6-4-5-7-3-1;1-2-6-3-5-7-4-1;1-2-6-4-5-7-3-1/h7-9H,1-6H2;1-7H2;7H,1-6H2;2*6H,1-5H2;3*1-5H2. The van der Waals surface area contributed by atoms with E-state index in [2.05, 4.69) is 56.6 Å². The van der Waals surface area contributed by atoms with Crippen LogP contribution in [0.25, 0.3) is 0 Å². The fourth-order valence-corrected chi connectivity index (χ4v) is 11.3. The predicted molar refractivity (Wildman–Crippen MR) is 263 cm³/mol. The van der Waals surface area contributed by atoms with Crippen LogP contribution in [0.5, 0.6) is 0 Å². The summed E-state index contributed by atoms with van der Waals surface area (Å²) in [5.41, 5.74) is 0. The van der Waals surface area contributed by atoms with Gasteiger partial charge in [-0.05, 0) is 132 Å². The Hall–Kier alpha value is 1.08. The number of hydrogen-bond acceptors (Lipinski definition) is 12. The lowest BCUT2D eigenvalue weighted by molar-refractivity contribution is 0.103. The van der Waals surface area contributed by atoms with Gasteiger partial charge in [0.15, 0.2) is 0 Å². The lowest BCUT2D eigenvalue weighted by atomic mass is 9.97. The van der Waals surface area contributed by atoms with Crippen molar-refractivity contribution < 1.29 is 18.9 Å². The Labute approximate surface area is 376 Å². The second kappa shape index (κ2) is 47.6. The second-order valence-electron chi connectivity index (χ2n) is 16.3. The highest BCUT2D eigenvalue weighted by atomic mass is 32.2. The number of nitrogens with one attached hydrogen (secondary N) is 4. The van der Waals surface area contributed by atoms with Crippen LogP contribution in [0.2, 0.25) is 0 Å². The predicted octanol–water partition coefficient (Wildman–Crippen LogP) is 9.55. The highest BCUT2D eigenvalue weighted by molar-refractivity contribution is 8.03. The third kappa shape index (κ3) is 41.1. The zero-order chi connectivity index (χ0) is 40.8. The van der Waals surface area contributed by atoms with Crippen LogP contribution in [0.1, 0.15) is 135 Å². The highest BCUT2D eigenvalue weighted by Gasteiger charge is 2.23. The van der Waals surface area contributed by atoms with E-state index in [1.165, 1.54) is 207 Å². The van der Waals surface area contributed by atoms with E-state index in [1.54, 1.807) is 0 Å². The Morgan fingerprint density at radius 2 is 0.810 bits per heavy atom. The van der Waals surface area contributed by atoms with Crippen LogP contribution in [-0.4, -0.2) is 151 Å². The van der Waals surface area contributed by atoms with Gasteiger partial charge < -0.3 is 40.2 Å². The molecule has 58 heavy (non-hydrogen) atoms. The zero-order valence-electron chi connectivity index (χ0n) is 37.5. The van der Waals surface area contributed by atoms with Crippen molar-refractivity contribution in [2.75, 3.05) is 145 Å². The SMILES string of the molecule is C1CC2CCC(C1)NC2.C1CCCCCC1.C1CCCNCC1.C1CNCCOC1.C1CNCCSC1.C1COCCOC1.C1COCCSC1.C1CSCCSC1. The molecule has 2 unspecified atom stereocenters. The molecule has 0 amide bonds. The van der Waals surface area contributed by atoms with E-state index < -0.39 is 0 Å². The number of ether oxygens (including phenoxy) is 4. The molecule has 10 fully saturated rings. The molecule has 0 aromatic rings. The van der Waals surface area contributed by atoms with E-state index in [0.29, 0.717) is 0 Å². The highest BCUT2D eigenvalue weighted by Crippen LogP contribution is 2.27. The molecule has 8 heterocycles. The van der Waals surface area contributed by atoms with Gasteiger partial charge in [-0.15, -0.1) is 0 Å². The average molecular weight is 896 g/mol. The lowest BCUT2D eigenvalue weighted by Crippen LogP contribution is -2.35. The van der Waals surface area contributed by atoms with Crippen molar-refractivity contribution in [3.8, 4) is 0 Å². The summed E-state index contributed by atoms with van der Waals surface area (Å²) < 4.78 is 20.4. The molecule has 0 aromatic carbocycles. The van der Waals surface area contributed by atoms with E-state index in [0.717, 1.165) is 84.3 Å². The van der Waals surface area contributed by atoms with Gasteiger partial charge in [-0.25, -0.2) is 0 Å². The molecule has 0 radical (unpaired) electrons. The largest absolute Gasteiger partial charge is 0.381 e. The van der Waals surface area contributed by atoms with E-state index in [-0.39, 0.29) is 0 Å². The summed E-state index contributed by atoms with van der Waals surface area (Å²) in [6.07, 6.45) is 29.7. The van der Waals surface area contributed by atoms with Gasteiger partial charge in [0.2, 0.25) is 0 Å². The van der Waals surface area contributed by atoms with Gasteiger partial charge in [-0.2, -0.15) is 47.0 Å². The van der Waals surface area contributed by atoms with Crippen molar-refractivity contribution in [2.45, 2.75) is 141 Å². The molecule has 0 spiro atoms. The Bertz CT molecular complexity index is 499. The lowest BCUT2D eigenvalue weighted by Gasteiger charge is -2.24. The molecule has 8 saturated heterocycles. The van der Waals surface area contributed by atoms with Crippen LogP contribution < -0.4 is 21.3 Å². The minimum atomic E-state index is 0.778. The van der Waals surface area contributed by atoms with Crippen LogP contribution >= 0.6 is 47.0 Å². The molecule has 8 nitrogen and oxygen atoms in total. The van der Waals surface area contributed by atoms with Gasteiger partial charge in [0, 0.05) is 68.6 Å². The first-order valence-corrected chi connectivity index (χ1v) is 29.0. The van der Waals surface area contributed by atoms with E-state index in [1.807, 2.05) is 11.8 Å². The molecule has 4 N–H and O–H groups in total. The molecular formula is C46H94N4O4S4. The summed E-state index contributed by atoms with van der Waals surface area (Å²) >= 11 is 8.23. The van der Waals surface area contributed by atoms with Crippen LogP contribution in [0.15, 0.2) is 0 Å². The summed E-state index contributed by atoms with van der Waals surface area (Å²) in [5, 5.41) is 13.5. The smallest absolute Gasteiger partial charge is 0.0700 e. The molecular weight excluding hydrogens is 801 g/mol. The van der Waals surface area contributed by atoms with E-state index in [9.17, 15) is 0 Å². The summed E-state index contributed by atoms with van der Waals surface area (Å²) in [7, 11) is 0. The van der Waals surface area contributed by atoms with Crippen molar-refractivity contribution in [1.82, 2.24) is 21.3 Å². The van der Waals surface area contributed by atoms with Gasteiger partial charge in [0.25, 0.3) is 0 Å². The molecule has 2 saturated carbocycles. The maximum atomic E-state index is 5.17. The topological polar surface area (TPSA) is 85.0 Å². The van der Waals surface area contributed by atoms with Crippen LogP contribution in [0.3, 0.4) is 0 Å². The summed E-state index contributed by atoms with van der Waals surface area (Å²) in [6, 6.07) is 0.892. The third-order valence-electron chi connectivity index (χ3n) is 11.0. The number of hydrogen-bond donors (Lipinski definition) is 4. The van der Waals surface area contributed by atoms with E-state index >= 15 is 0 Å². The number of thioether (sulfide) groups is 4. The van der Waals surface area contributed by atoms with Crippen molar-refractivity contribution in [3.63, 3.8) is 0 Å². The molecule has 0 aromatic heterocycles. The van der Waals surface area contributed by atoms with E-state index in [4.69, 9.17) is 18.9 Å². The number of fused-ring (bicyclic) bond motifs is 4. The molecule has 12 heteroatoms. The minimum absolute atomic E-state index is 0.778. The molecule has 2 aliphatic carbocycles. The van der Waals surface area contributed by atoms with Crippen molar-refractivity contribution in [3.05, 3.63) is 0 Å². The zero-order valence-corrected chi connectivity index (χ0v) is 40.8. The summed E-state index contributed by atoms with van der Waals surface area (Å²) in [5.74, 6) is 11.7. The van der Waals surface area contributed by atoms with Gasteiger partial charge in [0.05, 0.1) is 26.4 Å². The Morgan fingerprint density at radius 1 is 0.293 bits per heavy atom. The molecule has 2 bridgehead atoms. The number of piperidine rings is 1. The first-order chi connectivity index (χ1) is 28.9. The maximum Gasteiger partial charge on any atom is 0.0700 e. The molecule has 10 aliphatic rings. The Kier molecular flexibility index (Phi) is 45.3. The molecule has 346 valence electrons. The van der Waals surface area contributed by atoms with Gasteiger partial charge >= 0.3 is 0 Å². The van der Waals surface area contributed by atoms with Crippen molar-refractivity contribution in [2.24, 2.45) is 5.92 Å². The third-order valence-corrected chi connectivity index (χ3v) is 15.5. The normalized spacial score (nSPS) is 26.9. The minimum Gasteiger partial charge on any atom is -0.381 e. The number of rotatable bonds is 0. The maximum absolute atomic E-state index is 5.17. The quantitative estimate of drug-likeness (QED) is 0.175. The average Bonchev–Trinajstić information content (AvgIpc) is 4.09. The monoisotopic (exact) mass is 895 g/mol. The van der Waals surface area contributed by atoms with Gasteiger partial charge in [-0.1, -0.05) is 64.2 Å². The fraction of sp³-hybridized carbons (Fsp3) is 1.00. The summed E-state index contributed by atoms with van der Waals surface area (Å²) in [4.78, 5) is 0. The summed E-state index contributed by atoms with van der Waals surface area (Å²) in [6.45, 7) is 15.5. The van der Waals surface area contributed by atoms with Gasteiger partial charge in [-0.3, -0.25) is 0 Å². The van der Waals surface area contributed by atoms with Crippen molar-refractivity contribution in [1.29, 1.82) is 0 Å². The van der Waals surface area contributed by atoms with Gasteiger partial charge in [0.1, 0.15) is 0 Å². The Balaban J connectivity index is 0.000000229. The second-order valence-corrected chi connectivity index (χ2v) is 21.2. The molecule has 2 atom stereocenters. The molecule has 10 rings (SSSR count). The first kappa shape index (κ1) is 55.2. The molecule has 8 aliphatic heterocycles. The van der Waals surface area contributed by atoms with Crippen LogP contribution in [0, 0.1) is 5.92 Å². The van der Waals surface area contributed by atoms with Crippen LogP contribution in [0.4, 0.5) is 0 Å². The van der Waals surface area contributed by atoms with Crippen molar-refractivity contribution >= 4 is 47.0 Å². The Morgan fingerprint density at radius 3 is 1.52 bits per heavy atom. The first-order valence-electron chi connectivity index (χ1n) is 24.4. The van der Waals surface area contributed by atoms with Crippen LogP contribution in [-0.2, 0) is 18.9 Å². The fourth-order valence-electron chi connectivity index (χ4n) is 7.43.